The van der Waals surface area contributed by atoms with Gasteiger partial charge in [0.25, 0.3) is 0 Å². The van der Waals surface area contributed by atoms with Crippen LogP contribution in [0.15, 0.2) is 0 Å². The van der Waals surface area contributed by atoms with E-state index in [0.717, 1.165) is 0 Å². The van der Waals surface area contributed by atoms with Gasteiger partial charge in [0.1, 0.15) is 0 Å². The normalized spacial score (nSPS) is 6.44. The molecule has 0 aliphatic rings. The predicted molar refractivity (Wildman–Crippen MR) is 23.5 cm³/mol. The first-order valence-corrected chi connectivity index (χ1v) is 2.00. The Morgan fingerprint density at radius 3 is 1.00 bits per heavy atom. The summed E-state index contributed by atoms with van der Waals surface area (Å²) in [6.45, 7) is 0. The Bertz CT molecular complexity index is 96.2. The van der Waals surface area contributed by atoms with Crippen LogP contribution < -0.4 is 29.6 Å². The molecule has 0 saturated heterocycles. The van der Waals surface area contributed by atoms with E-state index in [9.17, 15) is 0 Å². The predicted octanol–water partition coefficient (Wildman–Crippen LogP) is -6.36. The van der Waals surface area contributed by atoms with Gasteiger partial charge in [-0.3, -0.25) is 8.42 Å². The van der Waals surface area contributed by atoms with E-state index in [1.807, 2.05) is 0 Å². The molecule has 9 heteroatoms. The maximum Gasteiger partial charge on any atom is 2.00 e. The molecule has 0 aromatic heterocycles. The molecule has 0 atom stereocenters. The molecular weight excluding hydrogens is 191 g/mol. The van der Waals surface area contributed by atoms with Crippen LogP contribution in [0.3, 0.4) is 0 Å². The Hall–Kier alpha value is 2.05. The van der Waals surface area contributed by atoms with Gasteiger partial charge in [-0.2, -0.15) is 0 Å². The quantitative estimate of drug-likeness (QED) is 0.215. The minimum atomic E-state index is -5.17. The van der Waals surface area contributed by atoms with E-state index in [2.05, 4.69) is 0 Å². The van der Waals surface area contributed by atoms with Crippen molar-refractivity contribution in [3.8, 4) is 0 Å². The molecule has 9 heavy (non-hydrogen) atoms. The van der Waals surface area contributed by atoms with E-state index in [0.29, 0.717) is 0 Å². The van der Waals surface area contributed by atoms with Crippen molar-refractivity contribution in [1.29, 1.82) is 0 Å². The van der Waals surface area contributed by atoms with Crippen LogP contribution in [-0.4, -0.2) is 66.2 Å². The van der Waals surface area contributed by atoms with Crippen molar-refractivity contribution in [3.63, 3.8) is 0 Å². The van der Waals surface area contributed by atoms with Crippen LogP contribution in [0.2, 0.25) is 0 Å². The molecule has 0 saturated carbocycles. The van der Waals surface area contributed by atoms with Crippen LogP contribution in [0.4, 0.5) is 0 Å². The SMILES string of the molecule is O.O.O=S(=O)([O-])[O-].[Ca+2].[Na+]. The summed E-state index contributed by atoms with van der Waals surface area (Å²) in [5, 5.41) is 0. The summed E-state index contributed by atoms with van der Waals surface area (Å²) in [7, 11) is -5.17. The third kappa shape index (κ3) is 155. The van der Waals surface area contributed by atoms with Crippen LogP contribution >= 0.6 is 0 Å². The standard InChI is InChI=1S/Ca.Na.H2O4S.2H2O/c;;1-5(2,3)4;;/h;;(H2,1,2,3,4);2*1H2/q+2;+1;;;/p-2. The molecule has 0 aliphatic heterocycles. The van der Waals surface area contributed by atoms with E-state index in [4.69, 9.17) is 17.5 Å². The van der Waals surface area contributed by atoms with Gasteiger partial charge in [-0.15, -0.1) is 0 Å². The Labute approximate surface area is 104 Å². The molecule has 0 fully saturated rings. The molecule has 0 bridgehead atoms. The molecule has 0 aromatic rings. The molecule has 0 rings (SSSR count). The van der Waals surface area contributed by atoms with Crippen LogP contribution in [0.25, 0.3) is 0 Å². The molecule has 48 valence electrons. The zero-order valence-corrected chi connectivity index (χ0v) is 9.77. The van der Waals surface area contributed by atoms with Crippen molar-refractivity contribution >= 4 is 48.1 Å². The topological polar surface area (TPSA) is 143 Å². The molecule has 0 radical (unpaired) electrons. The second-order valence-corrected chi connectivity index (χ2v) is 1.22. The summed E-state index contributed by atoms with van der Waals surface area (Å²) in [6.07, 6.45) is 0. The van der Waals surface area contributed by atoms with Crippen molar-refractivity contribution in [3.05, 3.63) is 0 Å². The largest absolute Gasteiger partial charge is 2.00 e. The first-order chi connectivity index (χ1) is 2.00. The molecule has 0 aliphatic carbocycles. The number of hydrogen-bond donors (Lipinski definition) is 0. The van der Waals surface area contributed by atoms with Crippen LogP contribution in [0.1, 0.15) is 0 Å². The average molecular weight is 195 g/mol. The zero-order chi connectivity index (χ0) is 4.50. The van der Waals surface area contributed by atoms with Crippen LogP contribution in [0.5, 0.6) is 0 Å². The minimum Gasteiger partial charge on any atom is -0.759 e. The fraction of sp³-hybridized carbons (Fsp3) is 0. The monoisotopic (exact) mass is 195 g/mol. The maximum atomic E-state index is 8.52. The molecule has 0 unspecified atom stereocenters. The van der Waals surface area contributed by atoms with E-state index in [1.54, 1.807) is 0 Å². The van der Waals surface area contributed by atoms with E-state index in [-0.39, 0.29) is 78.2 Å². The van der Waals surface area contributed by atoms with E-state index < -0.39 is 10.4 Å². The molecule has 0 spiro atoms. The van der Waals surface area contributed by atoms with Gasteiger partial charge in [0.15, 0.2) is 0 Å². The molecule has 0 amide bonds. The van der Waals surface area contributed by atoms with Gasteiger partial charge in [-0.05, 0) is 0 Å². The molecular formula is H4CaNaO6S+. The zero-order valence-electron chi connectivity index (χ0n) is 4.75. The van der Waals surface area contributed by atoms with Gasteiger partial charge < -0.3 is 20.1 Å². The summed E-state index contributed by atoms with van der Waals surface area (Å²) < 4.78 is 34.1. The Morgan fingerprint density at radius 1 is 1.00 bits per heavy atom. The maximum absolute atomic E-state index is 8.52. The van der Waals surface area contributed by atoms with Gasteiger partial charge >= 0.3 is 67.3 Å². The van der Waals surface area contributed by atoms with Crippen molar-refractivity contribution in [2.45, 2.75) is 0 Å². The summed E-state index contributed by atoms with van der Waals surface area (Å²) in [5.41, 5.74) is 0. The second-order valence-electron chi connectivity index (χ2n) is 0.408. The summed E-state index contributed by atoms with van der Waals surface area (Å²) in [5.74, 6) is 0. The Morgan fingerprint density at radius 2 is 1.00 bits per heavy atom. The van der Waals surface area contributed by atoms with Crippen LogP contribution in [-0.2, 0) is 10.4 Å². The number of hydrogen-bond acceptors (Lipinski definition) is 4. The molecule has 6 nitrogen and oxygen atoms in total. The van der Waals surface area contributed by atoms with Gasteiger partial charge in [-0.25, -0.2) is 0 Å². The first-order valence-electron chi connectivity index (χ1n) is 0.667. The molecule has 0 aromatic carbocycles. The van der Waals surface area contributed by atoms with Gasteiger partial charge in [-0.1, -0.05) is 0 Å². The van der Waals surface area contributed by atoms with Crippen molar-refractivity contribution in [1.82, 2.24) is 0 Å². The molecule has 4 N–H and O–H groups in total. The van der Waals surface area contributed by atoms with Crippen LogP contribution in [0, 0.1) is 0 Å². The minimum absolute atomic E-state index is 0. The first kappa shape index (κ1) is 30.5. The van der Waals surface area contributed by atoms with Gasteiger partial charge in [0.2, 0.25) is 0 Å². The van der Waals surface area contributed by atoms with Crippen molar-refractivity contribution in [2.24, 2.45) is 0 Å². The fourth-order valence-corrected chi connectivity index (χ4v) is 0. The summed E-state index contributed by atoms with van der Waals surface area (Å²) in [6, 6.07) is 0. The average Bonchev–Trinajstić information content (AvgIpc) is 0.722. The third-order valence-electron chi connectivity index (χ3n) is 0. The van der Waals surface area contributed by atoms with Crippen molar-refractivity contribution in [2.75, 3.05) is 0 Å². The Kier molecular flexibility index (Phi) is 43.0. The molecule has 0 heterocycles. The summed E-state index contributed by atoms with van der Waals surface area (Å²) >= 11 is 0. The summed E-state index contributed by atoms with van der Waals surface area (Å²) in [4.78, 5) is 0. The van der Waals surface area contributed by atoms with Gasteiger partial charge in [0, 0.05) is 10.4 Å². The van der Waals surface area contributed by atoms with Crippen molar-refractivity contribution < 1.29 is 58.0 Å². The second kappa shape index (κ2) is 12.7. The van der Waals surface area contributed by atoms with Gasteiger partial charge in [0.05, 0.1) is 0 Å². The van der Waals surface area contributed by atoms with E-state index in [1.165, 1.54) is 0 Å². The number of rotatable bonds is 0. The van der Waals surface area contributed by atoms with E-state index >= 15 is 0 Å². The smallest absolute Gasteiger partial charge is 0.759 e. The Balaban J connectivity index is -0.0000000133. The third-order valence-corrected chi connectivity index (χ3v) is 0. The fourth-order valence-electron chi connectivity index (χ4n) is 0.